The lowest BCUT2D eigenvalue weighted by Crippen LogP contribution is -2.05. The Kier molecular flexibility index (Phi) is 3.72. The summed E-state index contributed by atoms with van der Waals surface area (Å²) in [5.74, 6) is 0.187. The van der Waals surface area contributed by atoms with Gasteiger partial charge in [-0.15, -0.1) is 0 Å². The maximum absolute atomic E-state index is 9.69. The van der Waals surface area contributed by atoms with Crippen LogP contribution in [-0.4, -0.2) is 16.8 Å². The van der Waals surface area contributed by atoms with E-state index < -0.39 is 0 Å². The molecule has 0 radical (unpaired) electrons. The van der Waals surface area contributed by atoms with E-state index in [2.05, 4.69) is 17.4 Å². The molecule has 0 bridgehead atoms. The molecule has 94 valence electrons. The standard InChI is InChI=1S/C15H17NO2/c1-11-9-13(15(18)10-14(11)17)16-8-7-12-5-3-2-4-6-12/h2-6,9-10,16-18H,7-8H2,1H3. The molecule has 0 atom stereocenters. The predicted molar refractivity (Wildman–Crippen MR) is 73.1 cm³/mol. The molecule has 0 unspecified atom stereocenters. The first-order valence-electron chi connectivity index (χ1n) is 5.97. The number of phenolic OH excluding ortho intramolecular Hbond substituents is 2. The van der Waals surface area contributed by atoms with Crippen LogP contribution in [0, 0.1) is 6.92 Å². The van der Waals surface area contributed by atoms with Gasteiger partial charge >= 0.3 is 0 Å². The minimum atomic E-state index is 0.0751. The minimum absolute atomic E-state index is 0.0751. The molecule has 0 amide bonds. The summed E-state index contributed by atoms with van der Waals surface area (Å²) in [5, 5.41) is 22.3. The molecule has 3 heteroatoms. The summed E-state index contributed by atoms with van der Waals surface area (Å²) in [6, 6.07) is 13.3. The summed E-state index contributed by atoms with van der Waals surface area (Å²) in [7, 11) is 0. The van der Waals surface area contributed by atoms with Crippen molar-refractivity contribution in [1.82, 2.24) is 0 Å². The van der Waals surface area contributed by atoms with Crippen LogP contribution in [0.3, 0.4) is 0 Å². The second-order valence-corrected chi connectivity index (χ2v) is 4.32. The maximum Gasteiger partial charge on any atom is 0.142 e. The van der Waals surface area contributed by atoms with Gasteiger partial charge in [-0.25, -0.2) is 0 Å². The summed E-state index contributed by atoms with van der Waals surface area (Å²) in [6.45, 7) is 2.54. The third-order valence-corrected chi connectivity index (χ3v) is 2.89. The van der Waals surface area contributed by atoms with Crippen molar-refractivity contribution in [1.29, 1.82) is 0 Å². The third-order valence-electron chi connectivity index (χ3n) is 2.89. The average Bonchev–Trinajstić information content (AvgIpc) is 2.37. The lowest BCUT2D eigenvalue weighted by atomic mass is 10.1. The van der Waals surface area contributed by atoms with Crippen molar-refractivity contribution in [3.05, 3.63) is 53.6 Å². The third kappa shape index (κ3) is 2.94. The smallest absolute Gasteiger partial charge is 0.142 e. The van der Waals surface area contributed by atoms with Crippen molar-refractivity contribution in [2.24, 2.45) is 0 Å². The van der Waals surface area contributed by atoms with E-state index in [0.717, 1.165) is 18.5 Å². The van der Waals surface area contributed by atoms with Crippen molar-refractivity contribution in [3.63, 3.8) is 0 Å². The van der Waals surface area contributed by atoms with Crippen molar-refractivity contribution >= 4 is 5.69 Å². The van der Waals surface area contributed by atoms with Gasteiger partial charge in [0.2, 0.25) is 0 Å². The fourth-order valence-corrected chi connectivity index (χ4v) is 1.81. The van der Waals surface area contributed by atoms with Crippen LogP contribution in [0.25, 0.3) is 0 Å². The highest BCUT2D eigenvalue weighted by Gasteiger charge is 2.05. The Hall–Kier alpha value is -2.16. The number of aromatic hydroxyl groups is 2. The highest BCUT2D eigenvalue weighted by atomic mass is 16.3. The number of nitrogens with one attached hydrogen (secondary N) is 1. The summed E-state index contributed by atoms with van der Waals surface area (Å²) >= 11 is 0. The Labute approximate surface area is 107 Å². The SMILES string of the molecule is Cc1cc(NCCc2ccccc2)c(O)cc1O. The summed E-state index contributed by atoms with van der Waals surface area (Å²) < 4.78 is 0. The van der Waals surface area contributed by atoms with Crippen molar-refractivity contribution in [3.8, 4) is 11.5 Å². The summed E-state index contributed by atoms with van der Waals surface area (Å²) in [4.78, 5) is 0. The van der Waals surface area contributed by atoms with Crippen LogP contribution in [0.4, 0.5) is 5.69 Å². The van der Waals surface area contributed by atoms with Gasteiger partial charge in [0.05, 0.1) is 5.69 Å². The van der Waals surface area contributed by atoms with E-state index in [4.69, 9.17) is 0 Å². The van der Waals surface area contributed by atoms with Gasteiger partial charge in [0.25, 0.3) is 0 Å². The van der Waals surface area contributed by atoms with Gasteiger partial charge in [0.1, 0.15) is 11.5 Å². The van der Waals surface area contributed by atoms with Gasteiger partial charge in [-0.3, -0.25) is 0 Å². The molecule has 2 aromatic carbocycles. The largest absolute Gasteiger partial charge is 0.508 e. The lowest BCUT2D eigenvalue weighted by molar-refractivity contribution is 0.449. The number of rotatable bonds is 4. The average molecular weight is 243 g/mol. The van der Waals surface area contributed by atoms with Crippen LogP contribution < -0.4 is 5.32 Å². The molecule has 0 saturated carbocycles. The molecule has 2 rings (SSSR count). The molecular formula is C15H17NO2. The second-order valence-electron chi connectivity index (χ2n) is 4.32. The first-order chi connectivity index (χ1) is 8.66. The maximum atomic E-state index is 9.69. The zero-order valence-electron chi connectivity index (χ0n) is 10.4. The number of aryl methyl sites for hydroxylation is 1. The van der Waals surface area contributed by atoms with Crippen LogP contribution in [0.5, 0.6) is 11.5 Å². The molecule has 0 heterocycles. The normalized spacial score (nSPS) is 10.3. The Balaban J connectivity index is 1.97. The molecule has 18 heavy (non-hydrogen) atoms. The van der Waals surface area contributed by atoms with E-state index >= 15 is 0 Å². The van der Waals surface area contributed by atoms with E-state index in [-0.39, 0.29) is 11.5 Å². The van der Waals surface area contributed by atoms with Gasteiger partial charge < -0.3 is 15.5 Å². The Morgan fingerprint density at radius 1 is 1.00 bits per heavy atom. The van der Waals surface area contributed by atoms with E-state index in [0.29, 0.717) is 5.69 Å². The molecular weight excluding hydrogens is 226 g/mol. The molecule has 0 aromatic heterocycles. The summed E-state index contributed by atoms with van der Waals surface area (Å²) in [5.41, 5.74) is 2.65. The fourth-order valence-electron chi connectivity index (χ4n) is 1.81. The van der Waals surface area contributed by atoms with Gasteiger partial charge in [-0.2, -0.15) is 0 Å². The highest BCUT2D eigenvalue weighted by Crippen LogP contribution is 2.30. The Morgan fingerprint density at radius 2 is 1.72 bits per heavy atom. The van der Waals surface area contributed by atoms with Crippen LogP contribution in [0.2, 0.25) is 0 Å². The molecule has 0 aliphatic carbocycles. The van der Waals surface area contributed by atoms with Crippen LogP contribution in [-0.2, 0) is 6.42 Å². The molecule has 0 aliphatic rings. The van der Waals surface area contributed by atoms with E-state index in [9.17, 15) is 10.2 Å². The van der Waals surface area contributed by atoms with Gasteiger partial charge in [0.15, 0.2) is 0 Å². The fraction of sp³-hybridized carbons (Fsp3) is 0.200. The van der Waals surface area contributed by atoms with Gasteiger partial charge in [0, 0.05) is 12.6 Å². The van der Waals surface area contributed by atoms with Crippen molar-refractivity contribution in [2.75, 3.05) is 11.9 Å². The zero-order valence-corrected chi connectivity index (χ0v) is 10.4. The van der Waals surface area contributed by atoms with Crippen LogP contribution >= 0.6 is 0 Å². The Bertz CT molecular complexity index is 524. The topological polar surface area (TPSA) is 52.5 Å². The first kappa shape index (κ1) is 12.3. The predicted octanol–water partition coefficient (Wildman–Crippen LogP) is 3.06. The number of hydrogen-bond acceptors (Lipinski definition) is 3. The van der Waals surface area contributed by atoms with Crippen molar-refractivity contribution in [2.45, 2.75) is 13.3 Å². The first-order valence-corrected chi connectivity index (χ1v) is 5.97. The van der Waals surface area contributed by atoms with Gasteiger partial charge in [-0.1, -0.05) is 30.3 Å². The zero-order chi connectivity index (χ0) is 13.0. The van der Waals surface area contributed by atoms with Crippen LogP contribution in [0.15, 0.2) is 42.5 Å². The quantitative estimate of drug-likeness (QED) is 0.571. The van der Waals surface area contributed by atoms with Crippen LogP contribution in [0.1, 0.15) is 11.1 Å². The highest BCUT2D eigenvalue weighted by molar-refractivity contribution is 5.60. The number of benzene rings is 2. The van der Waals surface area contributed by atoms with Crippen molar-refractivity contribution < 1.29 is 10.2 Å². The number of hydrogen-bond donors (Lipinski definition) is 3. The number of phenols is 2. The number of anilines is 1. The van der Waals surface area contributed by atoms with E-state index in [1.54, 1.807) is 13.0 Å². The summed E-state index contributed by atoms with van der Waals surface area (Å²) in [6.07, 6.45) is 0.889. The lowest BCUT2D eigenvalue weighted by Gasteiger charge is -2.10. The molecule has 3 N–H and O–H groups in total. The minimum Gasteiger partial charge on any atom is -0.508 e. The second kappa shape index (κ2) is 5.45. The molecule has 2 aromatic rings. The molecule has 0 saturated heterocycles. The monoisotopic (exact) mass is 243 g/mol. The molecule has 3 nitrogen and oxygen atoms in total. The van der Waals surface area contributed by atoms with Gasteiger partial charge in [-0.05, 0) is 30.5 Å². The molecule has 0 aliphatic heterocycles. The van der Waals surface area contributed by atoms with E-state index in [1.807, 2.05) is 18.2 Å². The Morgan fingerprint density at radius 3 is 2.44 bits per heavy atom. The molecule has 0 fully saturated rings. The van der Waals surface area contributed by atoms with E-state index in [1.165, 1.54) is 11.6 Å². The molecule has 0 spiro atoms.